The summed E-state index contributed by atoms with van der Waals surface area (Å²) in [4.78, 5) is 31.2. The van der Waals surface area contributed by atoms with Gasteiger partial charge in [-0.25, -0.2) is 9.18 Å². The van der Waals surface area contributed by atoms with Crippen LogP contribution in [0.4, 0.5) is 14.9 Å². The second-order valence-corrected chi connectivity index (χ2v) is 9.59. The average molecular weight is 501 g/mol. The minimum Gasteiger partial charge on any atom is -0.495 e. The molecule has 0 spiro atoms. The number of halogens is 2. The molecular formula is C26H30ClFN4O3. The van der Waals surface area contributed by atoms with Crippen LogP contribution in [0.1, 0.15) is 24.0 Å². The summed E-state index contributed by atoms with van der Waals surface area (Å²) < 4.78 is 18.5. The van der Waals surface area contributed by atoms with Gasteiger partial charge >= 0.3 is 6.03 Å². The Morgan fingerprint density at radius 1 is 1.17 bits per heavy atom. The number of carbonyl (C=O) groups is 2. The lowest BCUT2D eigenvalue weighted by Gasteiger charge is -2.40. The summed E-state index contributed by atoms with van der Waals surface area (Å²) >= 11 is 6.26. The molecule has 2 aromatic rings. The predicted molar refractivity (Wildman–Crippen MR) is 135 cm³/mol. The predicted octanol–water partition coefficient (Wildman–Crippen LogP) is 4.47. The van der Waals surface area contributed by atoms with Crippen molar-refractivity contribution in [3.05, 3.63) is 64.4 Å². The van der Waals surface area contributed by atoms with Gasteiger partial charge in [0.15, 0.2) is 0 Å². The van der Waals surface area contributed by atoms with Crippen LogP contribution >= 0.6 is 11.6 Å². The molecule has 2 aliphatic rings. The van der Waals surface area contributed by atoms with Crippen molar-refractivity contribution >= 4 is 35.3 Å². The van der Waals surface area contributed by atoms with Crippen LogP contribution < -0.4 is 10.1 Å². The fourth-order valence-electron chi connectivity index (χ4n) is 4.77. The first-order chi connectivity index (χ1) is 16.7. The van der Waals surface area contributed by atoms with Crippen molar-refractivity contribution in [3.8, 4) is 5.75 Å². The van der Waals surface area contributed by atoms with E-state index in [4.69, 9.17) is 16.3 Å². The van der Waals surface area contributed by atoms with Crippen LogP contribution in [0.3, 0.4) is 0 Å². The molecule has 0 aliphatic carbocycles. The number of fused-ring (bicyclic) bond motifs is 2. The van der Waals surface area contributed by atoms with E-state index < -0.39 is 0 Å². The molecule has 0 aromatic heterocycles. The molecular weight excluding hydrogens is 471 g/mol. The van der Waals surface area contributed by atoms with Gasteiger partial charge in [-0.15, -0.1) is 0 Å². The van der Waals surface area contributed by atoms with Gasteiger partial charge in [0.05, 0.1) is 17.8 Å². The zero-order chi connectivity index (χ0) is 25.1. The Morgan fingerprint density at radius 2 is 1.83 bits per heavy atom. The van der Waals surface area contributed by atoms with E-state index in [1.54, 1.807) is 38.4 Å². The summed E-state index contributed by atoms with van der Waals surface area (Å²) in [5, 5.41) is 3.17. The number of hydrogen-bond donors (Lipinski definition) is 1. The second kappa shape index (κ2) is 10.7. The molecule has 2 atom stereocenters. The largest absolute Gasteiger partial charge is 0.495 e. The second-order valence-electron chi connectivity index (χ2n) is 9.18. The zero-order valence-electron chi connectivity index (χ0n) is 20.1. The molecule has 2 unspecified atom stereocenters. The number of urea groups is 1. The number of amides is 3. The molecule has 3 amide bonds. The number of ether oxygens (including phenoxy) is 1. The van der Waals surface area contributed by atoms with E-state index in [0.29, 0.717) is 22.0 Å². The van der Waals surface area contributed by atoms with E-state index in [2.05, 4.69) is 10.2 Å². The highest BCUT2D eigenvalue weighted by Crippen LogP contribution is 2.34. The van der Waals surface area contributed by atoms with Crippen LogP contribution in [0.25, 0.3) is 6.08 Å². The van der Waals surface area contributed by atoms with Crippen molar-refractivity contribution in [2.45, 2.75) is 31.5 Å². The highest BCUT2D eigenvalue weighted by Gasteiger charge is 2.41. The van der Waals surface area contributed by atoms with Crippen molar-refractivity contribution < 1.29 is 18.7 Å². The lowest BCUT2D eigenvalue weighted by atomic mass is 10.1. The van der Waals surface area contributed by atoms with Crippen LogP contribution in [0.2, 0.25) is 5.02 Å². The quantitative estimate of drug-likeness (QED) is 0.594. The fourth-order valence-corrected chi connectivity index (χ4v) is 5.01. The van der Waals surface area contributed by atoms with Crippen molar-refractivity contribution in [2.24, 2.45) is 0 Å². The van der Waals surface area contributed by atoms with Crippen LogP contribution in [0.5, 0.6) is 5.75 Å². The summed E-state index contributed by atoms with van der Waals surface area (Å²) in [6, 6.07) is 9.87. The summed E-state index contributed by atoms with van der Waals surface area (Å²) in [6.07, 6.45) is 5.16. The standard InChI is InChI=1S/C26H30ClFN4O3/c1-30(2)26(34)29-23-13-22(27)24(35-3)12-18(23)6-11-25(33)32-20-9-10-21(32)16-31(15-20)14-17-4-7-19(28)8-5-17/h4-8,11-13,20-21H,9-10,14-16H2,1-3H3,(H,29,34). The van der Waals surface area contributed by atoms with E-state index in [0.717, 1.165) is 38.0 Å². The number of piperazine rings is 1. The maximum Gasteiger partial charge on any atom is 0.321 e. The third-order valence-electron chi connectivity index (χ3n) is 6.51. The highest BCUT2D eigenvalue weighted by molar-refractivity contribution is 6.32. The maximum atomic E-state index is 13.2. The van der Waals surface area contributed by atoms with Gasteiger partial charge in [0.1, 0.15) is 11.6 Å². The molecule has 2 aromatic carbocycles. The van der Waals surface area contributed by atoms with Gasteiger partial charge < -0.3 is 19.9 Å². The minimum absolute atomic E-state index is 0.0577. The van der Waals surface area contributed by atoms with Crippen LogP contribution in [-0.4, -0.2) is 73.0 Å². The SMILES string of the molecule is COc1cc(C=CC(=O)N2C3CCC2CN(Cc2ccc(F)cc2)C3)c(NC(=O)N(C)C)cc1Cl. The number of methoxy groups -OCH3 is 1. The molecule has 0 radical (unpaired) electrons. The Morgan fingerprint density at radius 3 is 2.43 bits per heavy atom. The number of nitrogens with one attached hydrogen (secondary N) is 1. The number of hydrogen-bond acceptors (Lipinski definition) is 4. The molecule has 7 nitrogen and oxygen atoms in total. The number of rotatable bonds is 6. The highest BCUT2D eigenvalue weighted by atomic mass is 35.5. The maximum absolute atomic E-state index is 13.2. The molecule has 2 aliphatic heterocycles. The summed E-state index contributed by atoms with van der Waals surface area (Å²) in [6.45, 7) is 2.31. The first-order valence-corrected chi connectivity index (χ1v) is 12.0. The first kappa shape index (κ1) is 25.0. The number of carbonyl (C=O) groups excluding carboxylic acids is 2. The lowest BCUT2D eigenvalue weighted by Crippen LogP contribution is -2.55. The summed E-state index contributed by atoms with van der Waals surface area (Å²) in [5.74, 6) is 0.160. The van der Waals surface area contributed by atoms with Crippen LogP contribution in [0, 0.1) is 5.82 Å². The van der Waals surface area contributed by atoms with Crippen molar-refractivity contribution in [1.82, 2.24) is 14.7 Å². The van der Waals surface area contributed by atoms with E-state index in [1.165, 1.54) is 24.1 Å². The molecule has 186 valence electrons. The third-order valence-corrected chi connectivity index (χ3v) is 6.80. The molecule has 1 N–H and O–H groups in total. The van der Waals surface area contributed by atoms with E-state index in [9.17, 15) is 14.0 Å². The van der Waals surface area contributed by atoms with E-state index >= 15 is 0 Å². The topological polar surface area (TPSA) is 65.1 Å². The molecule has 2 bridgehead atoms. The molecule has 2 heterocycles. The Hall–Kier alpha value is -3.10. The first-order valence-electron chi connectivity index (χ1n) is 11.6. The number of anilines is 1. The molecule has 4 rings (SSSR count). The molecule has 2 saturated heterocycles. The fraction of sp³-hybridized carbons (Fsp3) is 0.385. The van der Waals surface area contributed by atoms with Gasteiger partial charge in [0.2, 0.25) is 5.91 Å². The molecule has 35 heavy (non-hydrogen) atoms. The normalized spacial score (nSPS) is 19.7. The zero-order valence-corrected chi connectivity index (χ0v) is 20.9. The van der Waals surface area contributed by atoms with Gasteiger partial charge in [-0.05, 0) is 48.7 Å². The summed E-state index contributed by atoms with van der Waals surface area (Å²) in [7, 11) is 4.80. The Bertz CT molecular complexity index is 1110. The summed E-state index contributed by atoms with van der Waals surface area (Å²) in [5.41, 5.74) is 2.18. The Balaban J connectivity index is 1.47. The minimum atomic E-state index is -0.303. The molecule has 9 heteroatoms. The van der Waals surface area contributed by atoms with Crippen LogP contribution in [-0.2, 0) is 11.3 Å². The smallest absolute Gasteiger partial charge is 0.321 e. The van der Waals surface area contributed by atoms with Gasteiger partial charge in [-0.2, -0.15) is 0 Å². The lowest BCUT2D eigenvalue weighted by molar-refractivity contribution is -0.131. The van der Waals surface area contributed by atoms with Crippen molar-refractivity contribution in [1.29, 1.82) is 0 Å². The monoisotopic (exact) mass is 500 g/mol. The van der Waals surface area contributed by atoms with Gasteiger partial charge in [0, 0.05) is 57.5 Å². The molecule has 0 saturated carbocycles. The van der Waals surface area contributed by atoms with Crippen molar-refractivity contribution in [2.75, 3.05) is 39.6 Å². The number of nitrogens with zero attached hydrogens (tertiary/aromatic N) is 3. The van der Waals surface area contributed by atoms with Crippen LogP contribution in [0.15, 0.2) is 42.5 Å². The van der Waals surface area contributed by atoms with E-state index in [1.807, 2.05) is 17.0 Å². The van der Waals surface area contributed by atoms with E-state index in [-0.39, 0.29) is 29.8 Å². The number of likely N-dealkylation sites (tertiary alicyclic amines) is 1. The third kappa shape index (κ3) is 5.77. The van der Waals surface area contributed by atoms with Crippen molar-refractivity contribution in [3.63, 3.8) is 0 Å². The average Bonchev–Trinajstić information content (AvgIpc) is 3.10. The Kier molecular flexibility index (Phi) is 7.62. The van der Waals surface area contributed by atoms with Gasteiger partial charge in [-0.3, -0.25) is 9.69 Å². The number of benzene rings is 2. The Labute approximate surface area is 210 Å². The molecule has 2 fully saturated rings. The van der Waals surface area contributed by atoms with Gasteiger partial charge in [0.25, 0.3) is 0 Å². The van der Waals surface area contributed by atoms with Gasteiger partial charge in [-0.1, -0.05) is 23.7 Å².